The molecule has 0 unspecified atom stereocenters. The molecule has 62 heavy (non-hydrogen) atoms. The number of rotatable bonds is 5. The standard InChI is InChI=1S/C58H36N4/c1-3-16-38(17-4-1)55-59-56(61-57(60-55)47-24-15-29-53-54(47)46-23-10-14-28-52(46)62(53)41-18-5-2-6-19-41)39-32-30-37(31-33-39)40-34-35-45-44-22-9-13-27-50(44)58(51(45)36-40)48-25-11-7-20-42(48)43-21-8-12-26-49(43)58/h1-36H. The van der Waals surface area contributed by atoms with Crippen LogP contribution in [0.25, 0.3) is 95.0 Å². The molecule has 2 aromatic heterocycles. The Morgan fingerprint density at radius 1 is 0.306 bits per heavy atom. The first-order valence-corrected chi connectivity index (χ1v) is 21.2. The highest BCUT2D eigenvalue weighted by molar-refractivity contribution is 6.15. The highest BCUT2D eigenvalue weighted by Gasteiger charge is 2.51. The molecule has 288 valence electrons. The Morgan fingerprint density at radius 3 is 1.44 bits per heavy atom. The third-order valence-corrected chi connectivity index (χ3v) is 13.1. The van der Waals surface area contributed by atoms with Gasteiger partial charge in [0, 0.05) is 33.2 Å². The van der Waals surface area contributed by atoms with Gasteiger partial charge in [-0.1, -0.05) is 188 Å². The lowest BCUT2D eigenvalue weighted by atomic mass is 9.70. The fourth-order valence-electron chi connectivity index (χ4n) is 10.5. The summed E-state index contributed by atoms with van der Waals surface area (Å²) in [6.45, 7) is 0. The second-order valence-corrected chi connectivity index (χ2v) is 16.3. The van der Waals surface area contributed by atoms with Crippen molar-refractivity contribution in [3.8, 4) is 73.2 Å². The molecule has 4 nitrogen and oxygen atoms in total. The first-order chi connectivity index (χ1) is 30.8. The molecule has 0 aliphatic heterocycles. The summed E-state index contributed by atoms with van der Waals surface area (Å²) in [5.41, 5.74) is 18.7. The molecular formula is C58H36N4. The van der Waals surface area contributed by atoms with Gasteiger partial charge in [-0.2, -0.15) is 0 Å². The van der Waals surface area contributed by atoms with Gasteiger partial charge in [0.05, 0.1) is 16.4 Å². The number of benzene rings is 9. The van der Waals surface area contributed by atoms with Crippen LogP contribution in [0.2, 0.25) is 0 Å². The molecule has 0 bridgehead atoms. The monoisotopic (exact) mass is 788 g/mol. The number of para-hydroxylation sites is 2. The average molecular weight is 789 g/mol. The maximum atomic E-state index is 5.27. The molecule has 2 aliphatic carbocycles. The molecule has 0 saturated heterocycles. The zero-order valence-corrected chi connectivity index (χ0v) is 33.6. The molecule has 2 aliphatic rings. The van der Waals surface area contributed by atoms with Gasteiger partial charge in [-0.25, -0.2) is 15.0 Å². The van der Waals surface area contributed by atoms with E-state index in [9.17, 15) is 0 Å². The van der Waals surface area contributed by atoms with E-state index in [0.717, 1.165) is 49.7 Å². The maximum Gasteiger partial charge on any atom is 0.164 e. The van der Waals surface area contributed by atoms with Crippen LogP contribution < -0.4 is 0 Å². The molecule has 2 heterocycles. The van der Waals surface area contributed by atoms with Gasteiger partial charge in [0.15, 0.2) is 17.5 Å². The van der Waals surface area contributed by atoms with Crippen molar-refractivity contribution in [2.24, 2.45) is 0 Å². The summed E-state index contributed by atoms with van der Waals surface area (Å²) < 4.78 is 2.33. The van der Waals surface area contributed by atoms with Gasteiger partial charge in [-0.05, 0) is 86.0 Å². The predicted molar refractivity (Wildman–Crippen MR) is 252 cm³/mol. The van der Waals surface area contributed by atoms with Crippen LogP contribution in [-0.2, 0) is 5.41 Å². The normalized spacial score (nSPS) is 13.0. The third-order valence-electron chi connectivity index (χ3n) is 13.1. The van der Waals surface area contributed by atoms with E-state index < -0.39 is 0 Å². The van der Waals surface area contributed by atoms with Crippen molar-refractivity contribution >= 4 is 21.8 Å². The minimum atomic E-state index is -0.388. The molecule has 0 saturated carbocycles. The average Bonchev–Trinajstić information content (AvgIpc) is 3.96. The van der Waals surface area contributed by atoms with Crippen molar-refractivity contribution in [2.75, 3.05) is 0 Å². The second-order valence-electron chi connectivity index (χ2n) is 16.3. The van der Waals surface area contributed by atoms with Gasteiger partial charge in [-0.3, -0.25) is 0 Å². The third kappa shape index (κ3) is 4.92. The highest BCUT2D eigenvalue weighted by atomic mass is 15.0. The van der Waals surface area contributed by atoms with Crippen molar-refractivity contribution in [2.45, 2.75) is 5.41 Å². The fraction of sp³-hybridized carbons (Fsp3) is 0.0172. The van der Waals surface area contributed by atoms with Crippen LogP contribution in [0.15, 0.2) is 218 Å². The number of nitrogens with zero attached hydrogens (tertiary/aromatic N) is 4. The van der Waals surface area contributed by atoms with Gasteiger partial charge in [0.2, 0.25) is 0 Å². The minimum Gasteiger partial charge on any atom is -0.309 e. The molecule has 0 atom stereocenters. The molecule has 9 aromatic carbocycles. The van der Waals surface area contributed by atoms with Gasteiger partial charge < -0.3 is 4.57 Å². The molecule has 11 aromatic rings. The zero-order valence-electron chi connectivity index (χ0n) is 33.6. The van der Waals surface area contributed by atoms with E-state index in [1.165, 1.54) is 50.1 Å². The topological polar surface area (TPSA) is 43.6 Å². The van der Waals surface area contributed by atoms with E-state index in [4.69, 9.17) is 15.0 Å². The molecular weight excluding hydrogens is 753 g/mol. The quantitative estimate of drug-likeness (QED) is 0.174. The molecule has 0 amide bonds. The SMILES string of the molecule is c1ccc(-c2nc(-c3ccc(-c4ccc5c(c4)C4(c6ccccc6-c6ccccc64)c4ccccc4-5)cc3)nc(-c3cccc4c3c3ccccc3n4-c3ccccc3)n2)cc1. The number of hydrogen-bond donors (Lipinski definition) is 0. The summed E-state index contributed by atoms with van der Waals surface area (Å²) in [6.07, 6.45) is 0. The highest BCUT2D eigenvalue weighted by Crippen LogP contribution is 2.63. The lowest BCUT2D eigenvalue weighted by Crippen LogP contribution is -2.25. The van der Waals surface area contributed by atoms with Crippen molar-refractivity contribution in [3.05, 3.63) is 241 Å². The Kier molecular flexibility index (Phi) is 7.49. The van der Waals surface area contributed by atoms with E-state index in [2.05, 4.69) is 205 Å². The van der Waals surface area contributed by atoms with Crippen LogP contribution in [0.3, 0.4) is 0 Å². The smallest absolute Gasteiger partial charge is 0.164 e. The molecule has 4 heteroatoms. The summed E-state index contributed by atoms with van der Waals surface area (Å²) in [7, 11) is 0. The molecule has 0 N–H and O–H groups in total. The second kappa shape index (κ2) is 13.4. The van der Waals surface area contributed by atoms with Crippen LogP contribution in [0.1, 0.15) is 22.3 Å². The lowest BCUT2D eigenvalue weighted by Gasteiger charge is -2.30. The summed E-state index contributed by atoms with van der Waals surface area (Å²) in [5, 5.41) is 2.26. The number of fused-ring (bicyclic) bond motifs is 13. The van der Waals surface area contributed by atoms with Crippen molar-refractivity contribution in [3.63, 3.8) is 0 Å². The van der Waals surface area contributed by atoms with Crippen molar-refractivity contribution in [1.82, 2.24) is 19.5 Å². The molecule has 0 radical (unpaired) electrons. The van der Waals surface area contributed by atoms with E-state index in [0.29, 0.717) is 17.5 Å². The summed E-state index contributed by atoms with van der Waals surface area (Å²) in [4.78, 5) is 15.6. The van der Waals surface area contributed by atoms with Crippen LogP contribution >= 0.6 is 0 Å². The van der Waals surface area contributed by atoms with E-state index >= 15 is 0 Å². The Labute approximate surface area is 359 Å². The lowest BCUT2D eigenvalue weighted by molar-refractivity contribution is 0.794. The van der Waals surface area contributed by atoms with E-state index in [-0.39, 0.29) is 5.41 Å². The maximum absolute atomic E-state index is 5.27. The van der Waals surface area contributed by atoms with Crippen LogP contribution in [-0.4, -0.2) is 19.5 Å². The minimum absolute atomic E-state index is 0.388. The Balaban J connectivity index is 0.955. The molecule has 13 rings (SSSR count). The van der Waals surface area contributed by atoms with Gasteiger partial charge in [0.25, 0.3) is 0 Å². The Bertz CT molecular complexity index is 3500. The summed E-state index contributed by atoms with van der Waals surface area (Å²) >= 11 is 0. The van der Waals surface area contributed by atoms with Crippen molar-refractivity contribution < 1.29 is 0 Å². The first-order valence-electron chi connectivity index (χ1n) is 21.2. The van der Waals surface area contributed by atoms with Crippen LogP contribution in [0.5, 0.6) is 0 Å². The van der Waals surface area contributed by atoms with Gasteiger partial charge in [-0.15, -0.1) is 0 Å². The zero-order chi connectivity index (χ0) is 40.8. The Morgan fingerprint density at radius 2 is 0.774 bits per heavy atom. The largest absolute Gasteiger partial charge is 0.309 e. The van der Waals surface area contributed by atoms with E-state index in [1.807, 2.05) is 18.2 Å². The molecule has 0 fully saturated rings. The summed E-state index contributed by atoms with van der Waals surface area (Å²) in [5.74, 6) is 1.91. The van der Waals surface area contributed by atoms with Crippen LogP contribution in [0.4, 0.5) is 0 Å². The van der Waals surface area contributed by atoms with Crippen LogP contribution in [0, 0.1) is 0 Å². The molecule has 1 spiro atoms. The van der Waals surface area contributed by atoms with Gasteiger partial charge in [0.1, 0.15) is 0 Å². The number of hydrogen-bond acceptors (Lipinski definition) is 3. The van der Waals surface area contributed by atoms with Crippen molar-refractivity contribution in [1.29, 1.82) is 0 Å². The fourth-order valence-corrected chi connectivity index (χ4v) is 10.5. The predicted octanol–water partition coefficient (Wildman–Crippen LogP) is 14.0. The first kappa shape index (κ1) is 34.6. The Hall–Kier alpha value is -8.21. The summed E-state index contributed by atoms with van der Waals surface area (Å²) in [6, 6.07) is 78.5. The van der Waals surface area contributed by atoms with Gasteiger partial charge >= 0.3 is 0 Å². The van der Waals surface area contributed by atoms with E-state index in [1.54, 1.807) is 0 Å². The number of aromatic nitrogens is 4.